The van der Waals surface area contributed by atoms with Gasteiger partial charge < -0.3 is 10.1 Å². The largest absolute Gasteiger partial charge is 0.381 e. The van der Waals surface area contributed by atoms with Crippen molar-refractivity contribution in [2.75, 3.05) is 25.1 Å². The van der Waals surface area contributed by atoms with E-state index < -0.39 is 0 Å². The lowest BCUT2D eigenvalue weighted by molar-refractivity contribution is 0.0699. The highest BCUT2D eigenvalue weighted by atomic mass is 19.1. The van der Waals surface area contributed by atoms with Crippen LogP contribution in [0.2, 0.25) is 0 Å². The summed E-state index contributed by atoms with van der Waals surface area (Å²) in [4.78, 5) is 3.82. The van der Waals surface area contributed by atoms with Crippen LogP contribution in [-0.2, 0) is 4.74 Å². The minimum Gasteiger partial charge on any atom is -0.381 e. The second-order valence-corrected chi connectivity index (χ2v) is 3.71. The third-order valence-electron chi connectivity index (χ3n) is 2.61. The van der Waals surface area contributed by atoms with Crippen LogP contribution in [0.1, 0.15) is 12.8 Å². The first-order valence-electron chi connectivity index (χ1n) is 5.20. The quantitative estimate of drug-likeness (QED) is 0.825. The molecule has 0 unspecified atom stereocenters. The SMILES string of the molecule is Fc1cc[c]nc1NCC1CCOCC1. The molecule has 1 aliphatic rings. The third kappa shape index (κ3) is 2.89. The summed E-state index contributed by atoms with van der Waals surface area (Å²) in [6.45, 7) is 2.37. The first-order chi connectivity index (χ1) is 7.36. The Morgan fingerprint density at radius 2 is 2.33 bits per heavy atom. The summed E-state index contributed by atoms with van der Waals surface area (Å²) in [6, 6.07) is 2.83. The van der Waals surface area contributed by atoms with Gasteiger partial charge in [0.2, 0.25) is 0 Å². The van der Waals surface area contributed by atoms with Crippen LogP contribution in [0.15, 0.2) is 12.1 Å². The molecule has 0 aromatic carbocycles. The fraction of sp³-hybridized carbons (Fsp3) is 0.545. The van der Waals surface area contributed by atoms with Crippen LogP contribution in [0.5, 0.6) is 0 Å². The average molecular weight is 209 g/mol. The van der Waals surface area contributed by atoms with Crippen LogP contribution in [0.4, 0.5) is 10.2 Å². The van der Waals surface area contributed by atoms with Gasteiger partial charge in [0.1, 0.15) is 0 Å². The topological polar surface area (TPSA) is 34.2 Å². The van der Waals surface area contributed by atoms with Gasteiger partial charge in [0, 0.05) is 19.8 Å². The van der Waals surface area contributed by atoms with E-state index in [-0.39, 0.29) is 5.82 Å². The third-order valence-corrected chi connectivity index (χ3v) is 2.61. The smallest absolute Gasteiger partial charge is 0.165 e. The molecule has 0 saturated carbocycles. The molecular weight excluding hydrogens is 195 g/mol. The molecule has 1 aliphatic heterocycles. The van der Waals surface area contributed by atoms with Crippen molar-refractivity contribution in [3.63, 3.8) is 0 Å². The molecule has 1 N–H and O–H groups in total. The van der Waals surface area contributed by atoms with E-state index in [0.717, 1.165) is 32.6 Å². The van der Waals surface area contributed by atoms with E-state index in [1.807, 2.05) is 0 Å². The van der Waals surface area contributed by atoms with Gasteiger partial charge in [-0.15, -0.1) is 0 Å². The van der Waals surface area contributed by atoms with Crippen LogP contribution >= 0.6 is 0 Å². The number of halogens is 1. The lowest BCUT2D eigenvalue weighted by Crippen LogP contribution is -2.23. The summed E-state index contributed by atoms with van der Waals surface area (Å²) in [5.74, 6) is 0.532. The van der Waals surface area contributed by atoms with E-state index in [2.05, 4.69) is 16.5 Å². The predicted molar refractivity (Wildman–Crippen MR) is 55.1 cm³/mol. The molecule has 1 aromatic heterocycles. The minimum absolute atomic E-state index is 0.295. The Balaban J connectivity index is 1.84. The Labute approximate surface area is 88.7 Å². The molecule has 4 heteroatoms. The van der Waals surface area contributed by atoms with Crippen molar-refractivity contribution in [3.05, 3.63) is 24.1 Å². The predicted octanol–water partition coefficient (Wildman–Crippen LogP) is 1.86. The minimum atomic E-state index is -0.319. The van der Waals surface area contributed by atoms with Gasteiger partial charge in [-0.25, -0.2) is 9.37 Å². The Hall–Kier alpha value is -1.16. The highest BCUT2D eigenvalue weighted by Crippen LogP contribution is 2.16. The highest BCUT2D eigenvalue weighted by Gasteiger charge is 2.14. The second-order valence-electron chi connectivity index (χ2n) is 3.71. The monoisotopic (exact) mass is 209 g/mol. The highest BCUT2D eigenvalue weighted by molar-refractivity contribution is 5.35. The van der Waals surface area contributed by atoms with Crippen molar-refractivity contribution in [3.8, 4) is 0 Å². The molecule has 2 rings (SSSR count). The number of hydrogen-bond acceptors (Lipinski definition) is 3. The summed E-state index contributed by atoms with van der Waals surface area (Å²) in [6.07, 6.45) is 4.68. The van der Waals surface area contributed by atoms with Gasteiger partial charge >= 0.3 is 0 Å². The summed E-state index contributed by atoms with van der Waals surface area (Å²) in [5.41, 5.74) is 0. The van der Waals surface area contributed by atoms with Gasteiger partial charge in [0.15, 0.2) is 11.6 Å². The van der Waals surface area contributed by atoms with Gasteiger partial charge in [-0.2, -0.15) is 0 Å². The zero-order chi connectivity index (χ0) is 10.5. The zero-order valence-corrected chi connectivity index (χ0v) is 8.50. The summed E-state index contributed by atoms with van der Waals surface area (Å²) in [7, 11) is 0. The molecule has 1 fully saturated rings. The number of aromatic nitrogens is 1. The van der Waals surface area contributed by atoms with Gasteiger partial charge in [0.05, 0.1) is 6.20 Å². The number of pyridine rings is 1. The Kier molecular flexibility index (Phi) is 3.50. The number of hydrogen-bond donors (Lipinski definition) is 1. The van der Waals surface area contributed by atoms with Crippen molar-refractivity contribution in [1.82, 2.24) is 4.98 Å². The van der Waals surface area contributed by atoms with E-state index in [0.29, 0.717) is 11.7 Å². The number of nitrogens with zero attached hydrogens (tertiary/aromatic N) is 1. The number of rotatable bonds is 3. The van der Waals surface area contributed by atoms with Gasteiger partial charge in [-0.1, -0.05) is 0 Å². The maximum atomic E-state index is 13.2. The molecule has 0 bridgehead atoms. The molecule has 1 saturated heterocycles. The normalized spacial score (nSPS) is 17.7. The molecule has 1 aromatic rings. The van der Waals surface area contributed by atoms with Crippen molar-refractivity contribution in [1.29, 1.82) is 0 Å². The van der Waals surface area contributed by atoms with E-state index in [1.54, 1.807) is 0 Å². The molecule has 2 heterocycles. The molecule has 1 radical (unpaired) electrons. The van der Waals surface area contributed by atoms with E-state index >= 15 is 0 Å². The standard InChI is InChI=1S/C11H14FN2O/c12-10-2-1-5-13-11(10)14-8-9-3-6-15-7-4-9/h1-2,9H,3-4,6-8H2,(H,13,14). The van der Waals surface area contributed by atoms with Gasteiger partial charge in [-0.3, -0.25) is 0 Å². The lowest BCUT2D eigenvalue weighted by atomic mass is 10.0. The molecule has 15 heavy (non-hydrogen) atoms. The van der Waals surface area contributed by atoms with E-state index in [9.17, 15) is 4.39 Å². The summed E-state index contributed by atoms with van der Waals surface area (Å²) >= 11 is 0. The first-order valence-corrected chi connectivity index (χ1v) is 5.20. The zero-order valence-electron chi connectivity index (χ0n) is 8.50. The Morgan fingerprint density at radius 1 is 1.53 bits per heavy atom. The lowest BCUT2D eigenvalue weighted by Gasteiger charge is -2.22. The average Bonchev–Trinajstić information content (AvgIpc) is 2.29. The maximum absolute atomic E-state index is 13.2. The number of nitrogens with one attached hydrogen (secondary N) is 1. The van der Waals surface area contributed by atoms with E-state index in [1.165, 1.54) is 12.1 Å². The van der Waals surface area contributed by atoms with Crippen molar-refractivity contribution < 1.29 is 9.13 Å². The molecule has 0 spiro atoms. The maximum Gasteiger partial charge on any atom is 0.165 e. The van der Waals surface area contributed by atoms with Crippen LogP contribution in [0.3, 0.4) is 0 Å². The molecular formula is C11H14FN2O. The van der Waals surface area contributed by atoms with Crippen LogP contribution in [0, 0.1) is 17.9 Å². The first kappa shape index (κ1) is 10.4. The Morgan fingerprint density at radius 3 is 3.07 bits per heavy atom. The summed E-state index contributed by atoms with van der Waals surface area (Å²) < 4.78 is 18.4. The molecule has 3 nitrogen and oxygen atoms in total. The molecule has 81 valence electrons. The second kappa shape index (κ2) is 5.07. The number of ether oxygens (including phenoxy) is 1. The van der Waals surface area contributed by atoms with Crippen LogP contribution in [-0.4, -0.2) is 24.7 Å². The van der Waals surface area contributed by atoms with E-state index in [4.69, 9.17) is 4.74 Å². The van der Waals surface area contributed by atoms with Crippen LogP contribution < -0.4 is 5.32 Å². The van der Waals surface area contributed by atoms with Crippen molar-refractivity contribution in [2.45, 2.75) is 12.8 Å². The van der Waals surface area contributed by atoms with Gasteiger partial charge in [0.25, 0.3) is 0 Å². The fourth-order valence-corrected chi connectivity index (χ4v) is 1.66. The molecule has 0 amide bonds. The van der Waals surface area contributed by atoms with Crippen LogP contribution in [0.25, 0.3) is 0 Å². The summed E-state index contributed by atoms with van der Waals surface area (Å²) in [5, 5.41) is 3.01. The van der Waals surface area contributed by atoms with Crippen molar-refractivity contribution >= 4 is 5.82 Å². The Bertz CT molecular complexity index is 313. The fourth-order valence-electron chi connectivity index (χ4n) is 1.66. The molecule has 0 atom stereocenters. The molecule has 0 aliphatic carbocycles. The number of anilines is 1. The van der Waals surface area contributed by atoms with Crippen molar-refractivity contribution in [2.24, 2.45) is 5.92 Å². The van der Waals surface area contributed by atoms with Gasteiger partial charge in [-0.05, 0) is 30.9 Å².